The van der Waals surface area contributed by atoms with Crippen molar-refractivity contribution >= 4 is 17.7 Å². The van der Waals surface area contributed by atoms with E-state index in [0.29, 0.717) is 18.1 Å². The van der Waals surface area contributed by atoms with Crippen molar-refractivity contribution < 1.29 is 15.0 Å². The van der Waals surface area contributed by atoms with E-state index < -0.39 is 16.8 Å². The van der Waals surface area contributed by atoms with Crippen molar-refractivity contribution in [2.45, 2.75) is 42.8 Å². The number of rotatable bonds is 3. The lowest BCUT2D eigenvalue weighted by Crippen LogP contribution is -2.51. The number of thioether (sulfide) groups is 1. The molecule has 0 aromatic rings. The number of carboxylic acid groups (broad SMARTS) is 1. The Hall–Kier alpha value is -0.220. The summed E-state index contributed by atoms with van der Waals surface area (Å²) in [6.07, 6.45) is 0.378. The molecule has 1 aliphatic rings. The first-order valence-corrected chi connectivity index (χ1v) is 4.93. The first-order chi connectivity index (χ1) is 5.46. The van der Waals surface area contributed by atoms with Crippen LogP contribution in [-0.4, -0.2) is 32.3 Å². The average molecular weight is 190 g/mol. The minimum atomic E-state index is -0.786. The van der Waals surface area contributed by atoms with E-state index in [4.69, 9.17) is 10.2 Å². The predicted molar refractivity (Wildman–Crippen MR) is 48.3 cm³/mol. The molecule has 0 aromatic carbocycles. The smallest absolute Gasteiger partial charge is 0.319 e. The normalized spacial score (nSPS) is 34.8. The molecule has 0 radical (unpaired) electrons. The van der Waals surface area contributed by atoms with Crippen LogP contribution in [0.25, 0.3) is 0 Å². The Morgan fingerprint density at radius 1 is 1.58 bits per heavy atom. The highest BCUT2D eigenvalue weighted by Crippen LogP contribution is 2.46. The van der Waals surface area contributed by atoms with E-state index in [1.807, 2.05) is 13.8 Å². The summed E-state index contributed by atoms with van der Waals surface area (Å²) in [5, 5.41) is 18.3. The molecule has 0 heterocycles. The number of aliphatic hydroxyl groups excluding tert-OH is 1. The van der Waals surface area contributed by atoms with E-state index in [1.165, 1.54) is 11.8 Å². The van der Waals surface area contributed by atoms with Crippen LogP contribution >= 0.6 is 11.8 Å². The summed E-state index contributed by atoms with van der Waals surface area (Å²) in [5.74, 6) is -0.786. The molecule has 4 heteroatoms. The predicted octanol–water partition coefficient (Wildman–Crippen LogP) is 1.11. The molecule has 70 valence electrons. The van der Waals surface area contributed by atoms with Gasteiger partial charge in [0.25, 0.3) is 0 Å². The Kier molecular flexibility index (Phi) is 2.68. The second-order valence-electron chi connectivity index (χ2n) is 3.53. The molecule has 1 aliphatic carbocycles. The number of aliphatic hydroxyl groups is 1. The number of hydrogen-bond donors (Lipinski definition) is 2. The van der Waals surface area contributed by atoms with Crippen LogP contribution in [0.4, 0.5) is 0 Å². The molecule has 0 spiro atoms. The molecule has 0 unspecified atom stereocenters. The molecule has 12 heavy (non-hydrogen) atoms. The molecule has 0 atom stereocenters. The zero-order valence-corrected chi connectivity index (χ0v) is 8.10. The Labute approximate surface area is 76.2 Å². The number of hydrogen-bond acceptors (Lipinski definition) is 3. The van der Waals surface area contributed by atoms with Crippen molar-refractivity contribution in [3.63, 3.8) is 0 Å². The fourth-order valence-electron chi connectivity index (χ4n) is 1.47. The quantitative estimate of drug-likeness (QED) is 0.700. The van der Waals surface area contributed by atoms with Crippen molar-refractivity contribution in [2.24, 2.45) is 0 Å². The van der Waals surface area contributed by atoms with Gasteiger partial charge in [-0.3, -0.25) is 4.79 Å². The minimum Gasteiger partial charge on any atom is -0.480 e. The molecule has 0 aromatic heterocycles. The summed E-state index contributed by atoms with van der Waals surface area (Å²) in [6, 6.07) is 0. The Morgan fingerprint density at radius 2 is 2.08 bits per heavy atom. The van der Waals surface area contributed by atoms with Crippen LogP contribution in [0.15, 0.2) is 0 Å². The van der Waals surface area contributed by atoms with Crippen LogP contribution in [0, 0.1) is 0 Å². The third kappa shape index (κ3) is 1.75. The van der Waals surface area contributed by atoms with Crippen LogP contribution in [0.2, 0.25) is 0 Å². The fourth-order valence-corrected chi connectivity index (χ4v) is 3.05. The Morgan fingerprint density at radius 3 is 2.33 bits per heavy atom. The summed E-state index contributed by atoms with van der Waals surface area (Å²) < 4.78 is -0.701. The summed E-state index contributed by atoms with van der Waals surface area (Å²) in [5.41, 5.74) is 0. The van der Waals surface area contributed by atoms with Gasteiger partial charge < -0.3 is 10.2 Å². The van der Waals surface area contributed by atoms with E-state index >= 15 is 0 Å². The molecule has 3 nitrogen and oxygen atoms in total. The zero-order valence-electron chi connectivity index (χ0n) is 7.28. The molecule has 1 fully saturated rings. The van der Waals surface area contributed by atoms with E-state index in [1.54, 1.807) is 0 Å². The monoisotopic (exact) mass is 190 g/mol. The molecule has 0 bridgehead atoms. The van der Waals surface area contributed by atoms with Crippen LogP contribution in [0.3, 0.4) is 0 Å². The van der Waals surface area contributed by atoms with Gasteiger partial charge in [0.05, 0.1) is 6.10 Å². The Bertz CT molecular complexity index is 185. The van der Waals surface area contributed by atoms with Gasteiger partial charge in [0.2, 0.25) is 0 Å². The van der Waals surface area contributed by atoms with Crippen LogP contribution in [-0.2, 0) is 4.79 Å². The summed E-state index contributed by atoms with van der Waals surface area (Å²) in [6.45, 7) is 3.94. The van der Waals surface area contributed by atoms with Crippen molar-refractivity contribution in [3.8, 4) is 0 Å². The zero-order chi connectivity index (χ0) is 9.35. The molecular weight excluding hydrogens is 176 g/mol. The second kappa shape index (κ2) is 3.26. The van der Waals surface area contributed by atoms with Gasteiger partial charge >= 0.3 is 5.97 Å². The highest BCUT2D eigenvalue weighted by molar-refractivity contribution is 8.02. The van der Waals surface area contributed by atoms with Gasteiger partial charge in [-0.25, -0.2) is 0 Å². The lowest BCUT2D eigenvalue weighted by Gasteiger charge is -2.42. The number of aliphatic carboxylic acids is 1. The summed E-state index contributed by atoms with van der Waals surface area (Å²) >= 11 is 1.44. The maximum Gasteiger partial charge on any atom is 0.319 e. The average Bonchev–Trinajstić information content (AvgIpc) is 1.81. The number of carboxylic acids is 1. The Balaban J connectivity index is 2.57. The molecule has 1 rings (SSSR count). The van der Waals surface area contributed by atoms with Gasteiger partial charge in [-0.15, -0.1) is 11.8 Å². The largest absolute Gasteiger partial charge is 0.480 e. The van der Waals surface area contributed by atoms with Gasteiger partial charge in [-0.05, 0) is 12.8 Å². The van der Waals surface area contributed by atoms with Gasteiger partial charge in [0, 0.05) is 5.25 Å². The fraction of sp³-hybridized carbons (Fsp3) is 0.875. The molecule has 0 amide bonds. The van der Waals surface area contributed by atoms with Crippen molar-refractivity contribution in [1.82, 2.24) is 0 Å². The third-order valence-electron chi connectivity index (χ3n) is 1.98. The van der Waals surface area contributed by atoms with Crippen LogP contribution < -0.4 is 0 Å². The van der Waals surface area contributed by atoms with E-state index in [-0.39, 0.29) is 0 Å². The maximum atomic E-state index is 10.9. The lowest BCUT2D eigenvalue weighted by molar-refractivity contribution is -0.145. The molecule has 0 saturated heterocycles. The SMILES string of the molecule is CC(C)SC1(C(=O)O)CC(O)C1. The van der Waals surface area contributed by atoms with E-state index in [9.17, 15) is 4.79 Å². The molecule has 0 aliphatic heterocycles. The van der Waals surface area contributed by atoms with Gasteiger partial charge in [-0.2, -0.15) is 0 Å². The van der Waals surface area contributed by atoms with Gasteiger partial charge in [0.1, 0.15) is 4.75 Å². The summed E-state index contributed by atoms with van der Waals surface area (Å²) in [7, 11) is 0. The highest BCUT2D eigenvalue weighted by atomic mass is 32.2. The van der Waals surface area contributed by atoms with Crippen molar-refractivity contribution in [3.05, 3.63) is 0 Å². The molecular formula is C8H14O3S. The van der Waals surface area contributed by atoms with Crippen molar-refractivity contribution in [1.29, 1.82) is 0 Å². The lowest BCUT2D eigenvalue weighted by atomic mass is 9.81. The van der Waals surface area contributed by atoms with Crippen LogP contribution in [0.1, 0.15) is 26.7 Å². The maximum absolute atomic E-state index is 10.9. The number of carbonyl (C=O) groups is 1. The summed E-state index contributed by atoms with van der Waals surface area (Å²) in [4.78, 5) is 10.9. The second-order valence-corrected chi connectivity index (χ2v) is 5.49. The van der Waals surface area contributed by atoms with Gasteiger partial charge in [-0.1, -0.05) is 13.8 Å². The van der Waals surface area contributed by atoms with E-state index in [0.717, 1.165) is 0 Å². The standard InChI is InChI=1S/C8H14O3S/c1-5(2)12-8(7(10)11)3-6(9)4-8/h5-6,9H,3-4H2,1-2H3,(H,10,11). The van der Waals surface area contributed by atoms with Crippen molar-refractivity contribution in [2.75, 3.05) is 0 Å². The third-order valence-corrected chi connectivity index (χ3v) is 3.41. The van der Waals surface area contributed by atoms with Crippen LogP contribution in [0.5, 0.6) is 0 Å². The molecule has 1 saturated carbocycles. The van der Waals surface area contributed by atoms with E-state index in [2.05, 4.69) is 0 Å². The minimum absolute atomic E-state index is 0.300. The van der Waals surface area contributed by atoms with Gasteiger partial charge in [0.15, 0.2) is 0 Å². The highest BCUT2D eigenvalue weighted by Gasteiger charge is 2.50. The molecule has 2 N–H and O–H groups in total. The first kappa shape index (κ1) is 9.86. The first-order valence-electron chi connectivity index (χ1n) is 4.05. The topological polar surface area (TPSA) is 57.5 Å².